The first-order valence-electron chi connectivity index (χ1n) is 5.10. The lowest BCUT2D eigenvalue weighted by Crippen LogP contribution is -2.13. The van der Waals surface area contributed by atoms with Crippen LogP contribution in [0.15, 0.2) is 24.3 Å². The van der Waals surface area contributed by atoms with Crippen LogP contribution in [0.25, 0.3) is 0 Å². The van der Waals surface area contributed by atoms with E-state index in [2.05, 4.69) is 20.8 Å². The number of carbonyl (C=O) groups excluding carboxylic acids is 1. The van der Waals surface area contributed by atoms with Gasteiger partial charge in [-0.25, -0.2) is 4.79 Å². The zero-order chi connectivity index (χ0) is 11.5. The highest BCUT2D eigenvalue weighted by Crippen LogP contribution is 2.23. The van der Waals surface area contributed by atoms with Crippen molar-refractivity contribution in [2.45, 2.75) is 27.2 Å². The Morgan fingerprint density at radius 1 is 1.27 bits per heavy atom. The molecule has 2 heteroatoms. The third-order valence-corrected chi connectivity index (χ3v) is 2.14. The summed E-state index contributed by atoms with van der Waals surface area (Å²) in [6.45, 7) is 6.46. The van der Waals surface area contributed by atoms with Crippen LogP contribution in [0.2, 0.25) is 0 Å². The number of carbonyl (C=O) groups is 1. The number of esters is 1. The summed E-state index contributed by atoms with van der Waals surface area (Å²) in [5, 5.41) is 0. The molecular weight excluding hydrogens is 188 g/mol. The molecule has 0 aromatic heterocycles. The highest BCUT2D eigenvalue weighted by molar-refractivity contribution is 5.90. The van der Waals surface area contributed by atoms with Crippen molar-refractivity contribution in [3.63, 3.8) is 0 Å². The van der Waals surface area contributed by atoms with Gasteiger partial charge in [0.1, 0.15) is 0 Å². The van der Waals surface area contributed by atoms with E-state index in [0.29, 0.717) is 5.56 Å². The maximum absolute atomic E-state index is 11.5. The van der Waals surface area contributed by atoms with Gasteiger partial charge in [-0.1, -0.05) is 39.0 Å². The number of rotatable bonds is 2. The molecule has 2 nitrogen and oxygen atoms in total. The van der Waals surface area contributed by atoms with E-state index >= 15 is 0 Å². The number of ether oxygens (including phenoxy) is 1. The molecule has 0 saturated carbocycles. The van der Waals surface area contributed by atoms with Crippen molar-refractivity contribution in [2.24, 2.45) is 5.41 Å². The average Bonchev–Trinajstić information content (AvgIpc) is 2.15. The van der Waals surface area contributed by atoms with E-state index in [4.69, 9.17) is 4.74 Å². The Balaban J connectivity index is 3.02. The molecule has 1 rings (SSSR count). The van der Waals surface area contributed by atoms with Crippen molar-refractivity contribution in [3.05, 3.63) is 35.4 Å². The molecule has 0 bridgehead atoms. The maximum atomic E-state index is 11.5. The van der Waals surface area contributed by atoms with Crippen LogP contribution < -0.4 is 0 Å². The zero-order valence-corrected chi connectivity index (χ0v) is 9.83. The molecule has 82 valence electrons. The Morgan fingerprint density at radius 2 is 1.87 bits per heavy atom. The monoisotopic (exact) mass is 206 g/mol. The van der Waals surface area contributed by atoms with Crippen LogP contribution in [-0.2, 0) is 11.2 Å². The first kappa shape index (κ1) is 11.8. The van der Waals surface area contributed by atoms with E-state index in [9.17, 15) is 4.79 Å². The second-order valence-electron chi connectivity index (χ2n) is 4.89. The summed E-state index contributed by atoms with van der Waals surface area (Å²) in [6.07, 6.45) is 0.873. The minimum atomic E-state index is -0.255. The Hall–Kier alpha value is -1.31. The molecule has 1 aromatic rings. The molecule has 0 aliphatic heterocycles. The van der Waals surface area contributed by atoms with E-state index in [1.807, 2.05) is 24.3 Å². The quantitative estimate of drug-likeness (QED) is 0.695. The number of benzene rings is 1. The van der Waals surface area contributed by atoms with Crippen LogP contribution in [0.4, 0.5) is 0 Å². The first-order valence-corrected chi connectivity index (χ1v) is 5.10. The van der Waals surface area contributed by atoms with Gasteiger partial charge >= 0.3 is 5.97 Å². The highest BCUT2D eigenvalue weighted by atomic mass is 16.5. The topological polar surface area (TPSA) is 26.3 Å². The minimum Gasteiger partial charge on any atom is -0.465 e. The van der Waals surface area contributed by atoms with Gasteiger partial charge < -0.3 is 4.74 Å². The zero-order valence-electron chi connectivity index (χ0n) is 9.83. The van der Waals surface area contributed by atoms with Crippen LogP contribution in [-0.4, -0.2) is 13.1 Å². The molecule has 0 radical (unpaired) electrons. The van der Waals surface area contributed by atoms with Crippen molar-refractivity contribution in [1.82, 2.24) is 0 Å². The number of hydrogen-bond acceptors (Lipinski definition) is 2. The number of hydrogen-bond donors (Lipinski definition) is 0. The fourth-order valence-corrected chi connectivity index (χ4v) is 1.55. The fraction of sp³-hybridized carbons (Fsp3) is 0.462. The fourth-order valence-electron chi connectivity index (χ4n) is 1.55. The van der Waals surface area contributed by atoms with Gasteiger partial charge in [0.15, 0.2) is 0 Å². The summed E-state index contributed by atoms with van der Waals surface area (Å²) in [5.74, 6) is -0.255. The molecular formula is C13H18O2. The van der Waals surface area contributed by atoms with Crippen LogP contribution in [0.3, 0.4) is 0 Å². The van der Waals surface area contributed by atoms with Crippen molar-refractivity contribution in [2.75, 3.05) is 7.11 Å². The van der Waals surface area contributed by atoms with Gasteiger partial charge in [-0.15, -0.1) is 0 Å². The molecule has 0 heterocycles. The SMILES string of the molecule is COC(=O)c1ccccc1CC(C)(C)C. The van der Waals surface area contributed by atoms with Gasteiger partial charge in [0.05, 0.1) is 12.7 Å². The van der Waals surface area contributed by atoms with Crippen molar-refractivity contribution < 1.29 is 9.53 Å². The summed E-state index contributed by atoms with van der Waals surface area (Å²) in [6, 6.07) is 7.61. The second-order valence-corrected chi connectivity index (χ2v) is 4.89. The summed E-state index contributed by atoms with van der Waals surface area (Å²) in [4.78, 5) is 11.5. The number of methoxy groups -OCH3 is 1. The third-order valence-electron chi connectivity index (χ3n) is 2.14. The average molecular weight is 206 g/mol. The van der Waals surface area contributed by atoms with E-state index in [0.717, 1.165) is 12.0 Å². The molecule has 0 aliphatic carbocycles. The van der Waals surface area contributed by atoms with E-state index in [1.165, 1.54) is 7.11 Å². The molecule has 0 atom stereocenters. The molecule has 0 unspecified atom stereocenters. The minimum absolute atomic E-state index is 0.171. The summed E-state index contributed by atoms with van der Waals surface area (Å²) >= 11 is 0. The normalized spacial score (nSPS) is 11.2. The molecule has 0 fully saturated rings. The van der Waals surface area contributed by atoms with E-state index in [-0.39, 0.29) is 11.4 Å². The van der Waals surface area contributed by atoms with Gasteiger partial charge in [-0.05, 0) is 23.5 Å². The molecule has 0 spiro atoms. The molecule has 0 saturated heterocycles. The molecule has 1 aromatic carbocycles. The lowest BCUT2D eigenvalue weighted by Gasteiger charge is -2.19. The Bertz CT molecular complexity index is 348. The van der Waals surface area contributed by atoms with Crippen LogP contribution in [0.1, 0.15) is 36.7 Å². The van der Waals surface area contributed by atoms with Gasteiger partial charge in [0.2, 0.25) is 0 Å². The van der Waals surface area contributed by atoms with Crippen LogP contribution in [0, 0.1) is 5.41 Å². The van der Waals surface area contributed by atoms with Gasteiger partial charge in [0.25, 0.3) is 0 Å². The Morgan fingerprint density at radius 3 is 2.40 bits per heavy atom. The summed E-state index contributed by atoms with van der Waals surface area (Å²) in [7, 11) is 1.41. The Labute approximate surface area is 91.3 Å². The molecule has 0 aliphatic rings. The van der Waals surface area contributed by atoms with Crippen LogP contribution in [0.5, 0.6) is 0 Å². The lowest BCUT2D eigenvalue weighted by molar-refractivity contribution is 0.0599. The lowest BCUT2D eigenvalue weighted by atomic mass is 9.86. The Kier molecular flexibility index (Phi) is 3.51. The standard InChI is InChI=1S/C13H18O2/c1-13(2,3)9-10-7-5-6-8-11(10)12(14)15-4/h5-8H,9H2,1-4H3. The largest absolute Gasteiger partial charge is 0.465 e. The highest BCUT2D eigenvalue weighted by Gasteiger charge is 2.17. The van der Waals surface area contributed by atoms with E-state index < -0.39 is 0 Å². The van der Waals surface area contributed by atoms with Crippen LogP contribution >= 0.6 is 0 Å². The third kappa shape index (κ3) is 3.39. The smallest absolute Gasteiger partial charge is 0.338 e. The summed E-state index contributed by atoms with van der Waals surface area (Å²) in [5.41, 5.74) is 1.90. The second kappa shape index (κ2) is 4.47. The maximum Gasteiger partial charge on any atom is 0.338 e. The first-order chi connectivity index (χ1) is 6.94. The molecule has 0 amide bonds. The molecule has 0 N–H and O–H groups in total. The predicted octanol–water partition coefficient (Wildman–Crippen LogP) is 3.06. The van der Waals surface area contributed by atoms with Crippen molar-refractivity contribution in [1.29, 1.82) is 0 Å². The van der Waals surface area contributed by atoms with Crippen molar-refractivity contribution >= 4 is 5.97 Å². The summed E-state index contributed by atoms with van der Waals surface area (Å²) < 4.78 is 4.75. The van der Waals surface area contributed by atoms with Gasteiger partial charge in [-0.3, -0.25) is 0 Å². The predicted molar refractivity (Wildman–Crippen MR) is 60.9 cm³/mol. The van der Waals surface area contributed by atoms with Gasteiger partial charge in [0, 0.05) is 0 Å². The van der Waals surface area contributed by atoms with Crippen molar-refractivity contribution in [3.8, 4) is 0 Å². The van der Waals surface area contributed by atoms with E-state index in [1.54, 1.807) is 0 Å². The van der Waals surface area contributed by atoms with Gasteiger partial charge in [-0.2, -0.15) is 0 Å². The molecule has 15 heavy (non-hydrogen) atoms.